The summed E-state index contributed by atoms with van der Waals surface area (Å²) in [5, 5.41) is 12.0. The van der Waals surface area contributed by atoms with Crippen molar-refractivity contribution >= 4 is 11.9 Å². The largest absolute Gasteiger partial charge is 0.396 e. The number of aliphatic hydroxyl groups excluding tert-OH is 1. The number of hydrogen-bond acceptors (Lipinski definition) is 8. The third-order valence-corrected chi connectivity index (χ3v) is 2.41. The van der Waals surface area contributed by atoms with E-state index in [1.165, 1.54) is 0 Å². The molecule has 0 radical (unpaired) electrons. The molecule has 1 unspecified atom stereocenters. The number of imidazole rings is 1. The van der Waals surface area contributed by atoms with E-state index in [1.807, 2.05) is 6.92 Å². The summed E-state index contributed by atoms with van der Waals surface area (Å²) >= 11 is 0. The predicted molar refractivity (Wildman–Crippen MR) is 69.5 cm³/mol. The normalized spacial score (nSPS) is 12.2. The molecule has 0 bridgehead atoms. The van der Waals surface area contributed by atoms with Gasteiger partial charge in [-0.25, -0.2) is 10.8 Å². The van der Waals surface area contributed by atoms with Crippen molar-refractivity contribution in [2.45, 2.75) is 6.92 Å². The molecule has 19 heavy (non-hydrogen) atoms. The van der Waals surface area contributed by atoms with Crippen LogP contribution in [-0.4, -0.2) is 42.8 Å². The molecule has 1 atom stereocenters. The van der Waals surface area contributed by atoms with Crippen molar-refractivity contribution in [3.8, 4) is 5.95 Å². The summed E-state index contributed by atoms with van der Waals surface area (Å²) in [5.74, 6) is 6.46. The van der Waals surface area contributed by atoms with Gasteiger partial charge in [-0.3, -0.25) is 9.99 Å². The first-order chi connectivity index (χ1) is 9.22. The zero-order valence-corrected chi connectivity index (χ0v) is 10.5. The van der Waals surface area contributed by atoms with E-state index >= 15 is 0 Å². The van der Waals surface area contributed by atoms with Crippen molar-refractivity contribution in [3.63, 3.8) is 0 Å². The molecule has 0 aliphatic rings. The molecule has 0 fully saturated rings. The molecule has 0 saturated carbocycles. The molecule has 2 heterocycles. The molecule has 0 aromatic carbocycles. The molecule has 0 aliphatic carbocycles. The number of nitrogens with zero attached hydrogens (tertiary/aromatic N) is 5. The Kier molecular flexibility index (Phi) is 4.21. The van der Waals surface area contributed by atoms with Crippen LogP contribution in [0.1, 0.15) is 6.92 Å². The predicted octanol–water partition coefficient (Wildman–Crippen LogP) is -0.617. The van der Waals surface area contributed by atoms with Crippen LogP contribution in [0, 0.1) is 5.92 Å². The lowest BCUT2D eigenvalue weighted by molar-refractivity contribution is 0.244. The van der Waals surface area contributed by atoms with E-state index in [0.717, 1.165) is 0 Å². The van der Waals surface area contributed by atoms with Crippen LogP contribution in [-0.2, 0) is 0 Å². The van der Waals surface area contributed by atoms with Crippen LogP contribution in [0.25, 0.3) is 5.95 Å². The minimum Gasteiger partial charge on any atom is -0.396 e. The Morgan fingerprint density at radius 2 is 2.16 bits per heavy atom. The van der Waals surface area contributed by atoms with Crippen LogP contribution in [0.5, 0.6) is 0 Å². The topological polar surface area (TPSA) is 127 Å². The first kappa shape index (κ1) is 13.2. The lowest BCUT2D eigenvalue weighted by atomic mass is 10.2. The molecule has 0 aliphatic heterocycles. The fourth-order valence-corrected chi connectivity index (χ4v) is 1.33. The Bertz CT molecular complexity index is 514. The van der Waals surface area contributed by atoms with Crippen LogP contribution < -0.4 is 16.6 Å². The third kappa shape index (κ3) is 3.36. The average Bonchev–Trinajstić information content (AvgIpc) is 2.98. The van der Waals surface area contributed by atoms with E-state index in [4.69, 9.17) is 10.9 Å². The Balaban J connectivity index is 2.21. The van der Waals surface area contributed by atoms with Crippen molar-refractivity contribution in [1.82, 2.24) is 24.5 Å². The van der Waals surface area contributed by atoms with Gasteiger partial charge in [0.2, 0.25) is 17.8 Å². The van der Waals surface area contributed by atoms with Gasteiger partial charge < -0.3 is 10.4 Å². The second-order valence-corrected chi connectivity index (χ2v) is 4.07. The smallest absolute Gasteiger partial charge is 0.243 e. The summed E-state index contributed by atoms with van der Waals surface area (Å²) in [6.07, 6.45) is 4.92. The first-order valence-electron chi connectivity index (χ1n) is 5.78. The zero-order valence-electron chi connectivity index (χ0n) is 10.5. The van der Waals surface area contributed by atoms with Crippen LogP contribution in [0.2, 0.25) is 0 Å². The second kappa shape index (κ2) is 6.07. The Morgan fingerprint density at radius 3 is 2.79 bits per heavy atom. The number of hydrazine groups is 1. The highest BCUT2D eigenvalue weighted by atomic mass is 16.3. The number of nitrogen functional groups attached to an aromatic ring is 1. The number of anilines is 2. The number of nitrogens with two attached hydrogens (primary N) is 1. The lowest BCUT2D eigenvalue weighted by Gasteiger charge is -2.11. The van der Waals surface area contributed by atoms with Crippen LogP contribution in [0.4, 0.5) is 11.9 Å². The lowest BCUT2D eigenvalue weighted by Crippen LogP contribution is -2.19. The van der Waals surface area contributed by atoms with Crippen molar-refractivity contribution in [1.29, 1.82) is 0 Å². The number of aromatic nitrogens is 5. The summed E-state index contributed by atoms with van der Waals surface area (Å²) in [4.78, 5) is 16.4. The highest BCUT2D eigenvalue weighted by Gasteiger charge is 2.08. The molecule has 102 valence electrons. The van der Waals surface area contributed by atoms with Crippen molar-refractivity contribution < 1.29 is 5.11 Å². The molecule has 2 aromatic heterocycles. The standard InChI is InChI=1S/C10H16N8O/c1-7(5-19)4-13-8-14-9(17-11)16-10(15-8)18-3-2-12-6-18/h2-3,6-7,19H,4-5,11H2,1H3,(H2,13,14,15,16,17). The molecule has 9 heteroatoms. The molecule has 0 saturated heterocycles. The molecule has 5 N–H and O–H groups in total. The number of aliphatic hydroxyl groups is 1. The van der Waals surface area contributed by atoms with Gasteiger partial charge >= 0.3 is 0 Å². The van der Waals surface area contributed by atoms with Crippen LogP contribution in [0.15, 0.2) is 18.7 Å². The van der Waals surface area contributed by atoms with Crippen molar-refractivity contribution in [3.05, 3.63) is 18.7 Å². The third-order valence-electron chi connectivity index (χ3n) is 2.41. The molecule has 0 spiro atoms. The van der Waals surface area contributed by atoms with Gasteiger partial charge in [-0.15, -0.1) is 0 Å². The maximum absolute atomic E-state index is 8.98. The SMILES string of the molecule is CC(CO)CNc1nc(NN)nc(-n2ccnc2)n1. The van der Waals surface area contributed by atoms with Gasteiger partial charge in [-0.2, -0.15) is 15.0 Å². The maximum Gasteiger partial charge on any atom is 0.243 e. The molecule has 0 amide bonds. The summed E-state index contributed by atoms with van der Waals surface area (Å²) in [5.41, 5.74) is 2.39. The van der Waals surface area contributed by atoms with Gasteiger partial charge in [-0.05, 0) is 5.92 Å². The number of nitrogens with one attached hydrogen (secondary N) is 2. The van der Waals surface area contributed by atoms with Crippen molar-refractivity contribution in [2.24, 2.45) is 11.8 Å². The van der Waals surface area contributed by atoms with Gasteiger partial charge in [0, 0.05) is 25.5 Å². The quantitative estimate of drug-likeness (QED) is 0.402. The monoisotopic (exact) mass is 264 g/mol. The average molecular weight is 264 g/mol. The molecule has 2 rings (SSSR count). The van der Waals surface area contributed by atoms with Crippen LogP contribution >= 0.6 is 0 Å². The van der Waals surface area contributed by atoms with Gasteiger partial charge in [0.1, 0.15) is 6.33 Å². The molecular weight excluding hydrogens is 248 g/mol. The summed E-state index contributed by atoms with van der Waals surface area (Å²) in [6.45, 7) is 2.55. The highest BCUT2D eigenvalue weighted by Crippen LogP contribution is 2.08. The summed E-state index contributed by atoms with van der Waals surface area (Å²) < 4.78 is 1.64. The van der Waals surface area contributed by atoms with E-state index in [0.29, 0.717) is 18.4 Å². The van der Waals surface area contributed by atoms with E-state index in [9.17, 15) is 0 Å². The van der Waals surface area contributed by atoms with Crippen molar-refractivity contribution in [2.75, 3.05) is 23.9 Å². The second-order valence-electron chi connectivity index (χ2n) is 4.07. The minimum atomic E-state index is 0.0917. The summed E-state index contributed by atoms with van der Waals surface area (Å²) in [7, 11) is 0. The van der Waals surface area contributed by atoms with E-state index in [-0.39, 0.29) is 18.5 Å². The number of hydrogen-bond donors (Lipinski definition) is 4. The van der Waals surface area contributed by atoms with E-state index in [1.54, 1.807) is 23.3 Å². The Labute approximate surface area is 109 Å². The first-order valence-corrected chi connectivity index (χ1v) is 5.78. The van der Waals surface area contributed by atoms with Gasteiger partial charge in [0.15, 0.2) is 0 Å². The van der Waals surface area contributed by atoms with E-state index < -0.39 is 0 Å². The zero-order chi connectivity index (χ0) is 13.7. The maximum atomic E-state index is 8.98. The highest BCUT2D eigenvalue weighted by molar-refractivity contribution is 5.37. The minimum absolute atomic E-state index is 0.0917. The Morgan fingerprint density at radius 1 is 1.37 bits per heavy atom. The number of rotatable bonds is 6. The molecule has 9 nitrogen and oxygen atoms in total. The van der Waals surface area contributed by atoms with Gasteiger partial charge in [-0.1, -0.05) is 6.92 Å². The Hall–Kier alpha value is -2.26. The molecule has 2 aromatic rings. The van der Waals surface area contributed by atoms with Gasteiger partial charge in [0.05, 0.1) is 0 Å². The summed E-state index contributed by atoms with van der Waals surface area (Å²) in [6, 6.07) is 0. The van der Waals surface area contributed by atoms with Crippen LogP contribution in [0.3, 0.4) is 0 Å². The fraction of sp³-hybridized carbons (Fsp3) is 0.400. The van der Waals surface area contributed by atoms with E-state index in [2.05, 4.69) is 30.7 Å². The fourth-order valence-electron chi connectivity index (χ4n) is 1.33. The molecular formula is C10H16N8O. The van der Waals surface area contributed by atoms with Gasteiger partial charge in [0.25, 0.3) is 0 Å².